The quantitative estimate of drug-likeness (QED) is 0.518. The number of allylic oxidation sites excluding steroid dienone is 6. The van der Waals surface area contributed by atoms with Gasteiger partial charge in [0, 0.05) is 5.56 Å². The number of hydrogen-bond acceptors (Lipinski definition) is 1. The van der Waals surface area contributed by atoms with Crippen molar-refractivity contribution in [2.45, 2.75) is 13.8 Å². The Balaban J connectivity index is 2.92. The molecule has 0 radical (unpaired) electrons. The summed E-state index contributed by atoms with van der Waals surface area (Å²) in [5.74, 6) is 0.902. The van der Waals surface area contributed by atoms with E-state index in [1.165, 1.54) is 5.56 Å². The van der Waals surface area contributed by atoms with Crippen LogP contribution < -0.4 is 0 Å². The van der Waals surface area contributed by atoms with E-state index in [2.05, 4.69) is 25.6 Å². The molecule has 18 heavy (non-hydrogen) atoms. The fourth-order valence-corrected chi connectivity index (χ4v) is 1.57. The van der Waals surface area contributed by atoms with E-state index in [1.54, 1.807) is 6.08 Å². The Kier molecular flexibility index (Phi) is 6.34. The van der Waals surface area contributed by atoms with Crippen LogP contribution >= 0.6 is 0 Å². The maximum absolute atomic E-state index is 5.68. The van der Waals surface area contributed by atoms with Crippen LogP contribution in [0.3, 0.4) is 0 Å². The van der Waals surface area contributed by atoms with E-state index in [9.17, 15) is 0 Å². The predicted molar refractivity (Wildman–Crippen MR) is 79.3 cm³/mol. The van der Waals surface area contributed by atoms with Crippen LogP contribution in [0.25, 0.3) is 5.76 Å². The fraction of sp³-hybridized carbons (Fsp3) is 0.176. The van der Waals surface area contributed by atoms with E-state index >= 15 is 0 Å². The van der Waals surface area contributed by atoms with E-state index in [-0.39, 0.29) is 0 Å². The van der Waals surface area contributed by atoms with Gasteiger partial charge >= 0.3 is 0 Å². The standard InChI is InChI=1S/C17H20O/c1-4-6-7-8-9-14-17(18-5-2)16-13-11-10-12-15(16)3/h4,6-14H,1,5H2,2-3H3/b7-6+,9-8+,17-14-. The molecule has 0 spiro atoms. The first kappa shape index (κ1) is 14.0. The Morgan fingerprint density at radius 3 is 2.56 bits per heavy atom. The van der Waals surface area contributed by atoms with Crippen molar-refractivity contribution in [3.05, 3.63) is 78.4 Å². The van der Waals surface area contributed by atoms with E-state index in [4.69, 9.17) is 4.74 Å². The third kappa shape index (κ3) is 4.46. The van der Waals surface area contributed by atoms with Gasteiger partial charge in [0.2, 0.25) is 0 Å². The Morgan fingerprint density at radius 2 is 1.89 bits per heavy atom. The highest BCUT2D eigenvalue weighted by Gasteiger charge is 2.03. The van der Waals surface area contributed by atoms with Gasteiger partial charge in [-0.05, 0) is 25.5 Å². The minimum atomic E-state index is 0.663. The van der Waals surface area contributed by atoms with Gasteiger partial charge in [0.05, 0.1) is 6.61 Å². The highest BCUT2D eigenvalue weighted by atomic mass is 16.5. The molecular weight excluding hydrogens is 220 g/mol. The lowest BCUT2D eigenvalue weighted by atomic mass is 10.1. The number of aryl methyl sites for hydroxylation is 1. The highest BCUT2D eigenvalue weighted by Crippen LogP contribution is 2.19. The normalized spacial score (nSPS) is 12.2. The first-order chi connectivity index (χ1) is 8.79. The molecule has 94 valence electrons. The molecule has 0 amide bonds. The SMILES string of the molecule is C=C/C=C/C=C/C=C(\OCC)c1ccccc1C. The van der Waals surface area contributed by atoms with Crippen LogP contribution in [0, 0.1) is 6.92 Å². The van der Waals surface area contributed by atoms with Crippen molar-refractivity contribution >= 4 is 5.76 Å². The van der Waals surface area contributed by atoms with Gasteiger partial charge in [-0.15, -0.1) is 0 Å². The summed E-state index contributed by atoms with van der Waals surface area (Å²) in [6.07, 6.45) is 11.5. The van der Waals surface area contributed by atoms with Gasteiger partial charge in [-0.2, -0.15) is 0 Å². The fourth-order valence-electron chi connectivity index (χ4n) is 1.57. The first-order valence-electron chi connectivity index (χ1n) is 6.14. The molecule has 1 aromatic rings. The molecule has 0 atom stereocenters. The molecule has 1 rings (SSSR count). The summed E-state index contributed by atoms with van der Waals surface area (Å²) in [7, 11) is 0. The van der Waals surface area contributed by atoms with E-state index in [0.717, 1.165) is 11.3 Å². The maximum atomic E-state index is 5.68. The van der Waals surface area contributed by atoms with Crippen LogP contribution in [0.15, 0.2) is 67.3 Å². The number of hydrogen-bond donors (Lipinski definition) is 0. The lowest BCUT2D eigenvalue weighted by molar-refractivity contribution is 0.298. The van der Waals surface area contributed by atoms with Gasteiger partial charge < -0.3 is 4.74 Å². The van der Waals surface area contributed by atoms with Crippen LogP contribution in [0.4, 0.5) is 0 Å². The monoisotopic (exact) mass is 240 g/mol. The Bertz CT molecular complexity index is 464. The lowest BCUT2D eigenvalue weighted by Gasteiger charge is -2.10. The minimum absolute atomic E-state index is 0.663. The second-order valence-corrected chi connectivity index (χ2v) is 3.78. The van der Waals surface area contributed by atoms with Gasteiger partial charge in [0.1, 0.15) is 5.76 Å². The molecule has 0 bridgehead atoms. The molecule has 1 heteroatoms. The van der Waals surface area contributed by atoms with Gasteiger partial charge in [0.15, 0.2) is 0 Å². The molecule has 1 nitrogen and oxygen atoms in total. The summed E-state index contributed by atoms with van der Waals surface area (Å²) in [6.45, 7) is 8.36. The molecule has 0 aliphatic rings. The summed E-state index contributed by atoms with van der Waals surface area (Å²) >= 11 is 0. The Labute approximate surface area is 110 Å². The van der Waals surface area contributed by atoms with Crippen LogP contribution in [0.2, 0.25) is 0 Å². The first-order valence-corrected chi connectivity index (χ1v) is 6.14. The average molecular weight is 240 g/mol. The molecule has 0 saturated carbocycles. The zero-order valence-corrected chi connectivity index (χ0v) is 11.1. The minimum Gasteiger partial charge on any atom is -0.493 e. The van der Waals surface area contributed by atoms with Crippen LogP contribution in [0.5, 0.6) is 0 Å². The second-order valence-electron chi connectivity index (χ2n) is 3.78. The van der Waals surface area contributed by atoms with Crippen molar-refractivity contribution < 1.29 is 4.74 Å². The lowest BCUT2D eigenvalue weighted by Crippen LogP contribution is -1.93. The van der Waals surface area contributed by atoms with Gasteiger partial charge in [-0.3, -0.25) is 0 Å². The van der Waals surface area contributed by atoms with Crippen molar-refractivity contribution in [2.24, 2.45) is 0 Å². The Hall–Kier alpha value is -2.02. The zero-order chi connectivity index (χ0) is 13.2. The van der Waals surface area contributed by atoms with Crippen LogP contribution in [-0.4, -0.2) is 6.61 Å². The molecule has 0 aliphatic carbocycles. The predicted octanol–water partition coefficient (Wildman–Crippen LogP) is 4.67. The van der Waals surface area contributed by atoms with Crippen LogP contribution in [0.1, 0.15) is 18.1 Å². The summed E-state index contributed by atoms with van der Waals surface area (Å²) < 4.78 is 5.68. The number of rotatable bonds is 6. The van der Waals surface area contributed by atoms with Crippen molar-refractivity contribution in [3.63, 3.8) is 0 Å². The third-order valence-corrected chi connectivity index (χ3v) is 2.43. The summed E-state index contributed by atoms with van der Waals surface area (Å²) in [6, 6.07) is 8.22. The van der Waals surface area contributed by atoms with E-state index < -0.39 is 0 Å². The molecule has 0 N–H and O–H groups in total. The van der Waals surface area contributed by atoms with Crippen molar-refractivity contribution in [1.29, 1.82) is 0 Å². The van der Waals surface area contributed by atoms with Crippen molar-refractivity contribution in [3.8, 4) is 0 Å². The van der Waals surface area contributed by atoms with E-state index in [0.29, 0.717) is 6.61 Å². The summed E-state index contributed by atoms with van der Waals surface area (Å²) in [4.78, 5) is 0. The van der Waals surface area contributed by atoms with E-state index in [1.807, 2.05) is 49.4 Å². The van der Waals surface area contributed by atoms with Gasteiger partial charge in [0.25, 0.3) is 0 Å². The molecule has 0 saturated heterocycles. The highest BCUT2D eigenvalue weighted by molar-refractivity contribution is 5.64. The molecule has 1 aromatic carbocycles. The molecule has 0 aromatic heterocycles. The maximum Gasteiger partial charge on any atom is 0.126 e. The van der Waals surface area contributed by atoms with Crippen molar-refractivity contribution in [2.75, 3.05) is 6.61 Å². The third-order valence-electron chi connectivity index (χ3n) is 2.43. The van der Waals surface area contributed by atoms with Crippen molar-refractivity contribution in [1.82, 2.24) is 0 Å². The molecular formula is C17H20O. The van der Waals surface area contributed by atoms with Gasteiger partial charge in [-0.1, -0.05) is 61.2 Å². The van der Waals surface area contributed by atoms with Crippen LogP contribution in [-0.2, 0) is 4.74 Å². The molecule has 0 unspecified atom stereocenters. The topological polar surface area (TPSA) is 9.23 Å². The smallest absolute Gasteiger partial charge is 0.126 e. The average Bonchev–Trinajstić information content (AvgIpc) is 2.38. The van der Waals surface area contributed by atoms with Gasteiger partial charge in [-0.25, -0.2) is 0 Å². The largest absolute Gasteiger partial charge is 0.493 e. The number of benzene rings is 1. The zero-order valence-electron chi connectivity index (χ0n) is 11.1. The summed E-state index contributed by atoms with van der Waals surface area (Å²) in [5, 5.41) is 0. The molecule has 0 heterocycles. The molecule has 0 fully saturated rings. The Morgan fingerprint density at radius 1 is 1.17 bits per heavy atom. The number of ether oxygens (including phenoxy) is 1. The summed E-state index contributed by atoms with van der Waals surface area (Å²) in [5.41, 5.74) is 2.35. The molecule has 0 aliphatic heterocycles. The second kappa shape index (κ2) is 8.13.